The van der Waals surface area contributed by atoms with E-state index in [1.54, 1.807) is 0 Å². The standard InChI is InChI=1S/C7H8ClN3O4/c8-11-3(1-2-10-7(11)9)4(5(12)13)6(14)15/h1-2,4,7H,9H2,(H,12,13)(H,14,15). The van der Waals surface area contributed by atoms with Gasteiger partial charge in [0.15, 0.2) is 12.2 Å². The van der Waals surface area contributed by atoms with Gasteiger partial charge in [0.25, 0.3) is 0 Å². The minimum Gasteiger partial charge on any atom is -0.480 e. The van der Waals surface area contributed by atoms with Crippen molar-refractivity contribution < 1.29 is 19.8 Å². The average Bonchev–Trinajstić information content (AvgIpc) is 2.11. The van der Waals surface area contributed by atoms with Crippen LogP contribution in [-0.2, 0) is 9.59 Å². The van der Waals surface area contributed by atoms with Crippen molar-refractivity contribution in [1.29, 1.82) is 0 Å². The first-order chi connectivity index (χ1) is 6.95. The Morgan fingerprint density at radius 2 is 2.07 bits per heavy atom. The van der Waals surface area contributed by atoms with Crippen molar-refractivity contribution >= 4 is 29.9 Å². The number of carbonyl (C=O) groups is 2. The first kappa shape index (κ1) is 11.5. The number of rotatable bonds is 3. The van der Waals surface area contributed by atoms with Crippen molar-refractivity contribution in [2.75, 3.05) is 0 Å². The van der Waals surface area contributed by atoms with Crippen molar-refractivity contribution in [2.24, 2.45) is 16.6 Å². The van der Waals surface area contributed by atoms with E-state index in [0.29, 0.717) is 0 Å². The molecule has 0 amide bonds. The van der Waals surface area contributed by atoms with Gasteiger partial charge in [0, 0.05) is 18.0 Å². The number of allylic oxidation sites excluding steroid dienone is 1. The molecule has 7 nitrogen and oxygen atoms in total. The zero-order chi connectivity index (χ0) is 11.6. The molecule has 4 N–H and O–H groups in total. The Hall–Kier alpha value is -1.60. The highest BCUT2D eigenvalue weighted by Crippen LogP contribution is 2.22. The maximum absolute atomic E-state index is 10.7. The smallest absolute Gasteiger partial charge is 0.324 e. The third-order valence-corrected chi connectivity index (χ3v) is 2.15. The van der Waals surface area contributed by atoms with E-state index in [2.05, 4.69) is 4.99 Å². The van der Waals surface area contributed by atoms with Crippen LogP contribution in [0.1, 0.15) is 0 Å². The summed E-state index contributed by atoms with van der Waals surface area (Å²) < 4.78 is 0.785. The van der Waals surface area contributed by atoms with Crippen LogP contribution in [0, 0.1) is 5.92 Å². The fourth-order valence-corrected chi connectivity index (χ4v) is 1.27. The van der Waals surface area contributed by atoms with Gasteiger partial charge in [0.2, 0.25) is 0 Å². The summed E-state index contributed by atoms with van der Waals surface area (Å²) in [5, 5.41) is 17.4. The molecule has 1 rings (SSSR count). The normalized spacial score (nSPS) is 20.3. The third-order valence-electron chi connectivity index (χ3n) is 1.75. The van der Waals surface area contributed by atoms with Gasteiger partial charge >= 0.3 is 11.9 Å². The lowest BCUT2D eigenvalue weighted by atomic mass is 10.1. The lowest BCUT2D eigenvalue weighted by molar-refractivity contribution is -0.153. The number of aliphatic imine (C=N–C) groups is 1. The molecule has 0 fully saturated rings. The molecule has 0 radical (unpaired) electrons. The Labute approximate surface area is 89.6 Å². The highest BCUT2D eigenvalue weighted by molar-refractivity contribution is 6.16. The van der Waals surface area contributed by atoms with Crippen molar-refractivity contribution in [3.05, 3.63) is 11.8 Å². The molecular formula is C7H8ClN3O4. The molecule has 1 aliphatic heterocycles. The Balaban J connectivity index is 3.03. The molecular weight excluding hydrogens is 226 g/mol. The largest absolute Gasteiger partial charge is 0.480 e. The van der Waals surface area contributed by atoms with Gasteiger partial charge in [0.1, 0.15) is 0 Å². The summed E-state index contributed by atoms with van der Waals surface area (Å²) in [5.74, 6) is -4.77. The van der Waals surface area contributed by atoms with Gasteiger partial charge in [-0.3, -0.25) is 24.7 Å². The number of hydrogen-bond acceptors (Lipinski definition) is 5. The van der Waals surface area contributed by atoms with E-state index in [1.165, 1.54) is 12.3 Å². The fourth-order valence-electron chi connectivity index (χ4n) is 1.07. The summed E-state index contributed by atoms with van der Waals surface area (Å²) in [4.78, 5) is 25.0. The molecule has 82 valence electrons. The zero-order valence-electron chi connectivity index (χ0n) is 7.37. The number of carboxylic acids is 2. The third kappa shape index (κ3) is 2.25. The number of halogens is 1. The summed E-state index contributed by atoms with van der Waals surface area (Å²) >= 11 is 5.62. The van der Waals surface area contributed by atoms with Crippen molar-refractivity contribution in [2.45, 2.75) is 6.29 Å². The van der Waals surface area contributed by atoms with E-state index in [0.717, 1.165) is 4.42 Å². The maximum Gasteiger partial charge on any atom is 0.324 e. The molecule has 0 aromatic heterocycles. The van der Waals surface area contributed by atoms with Gasteiger partial charge in [-0.2, -0.15) is 0 Å². The quantitative estimate of drug-likeness (QED) is 0.444. The fraction of sp³-hybridized carbons (Fsp3) is 0.286. The predicted octanol–water partition coefficient (Wildman–Crippen LogP) is -0.562. The molecule has 0 spiro atoms. The Bertz CT molecular complexity index is 340. The molecule has 1 unspecified atom stereocenters. The van der Waals surface area contributed by atoms with E-state index in [4.69, 9.17) is 27.7 Å². The van der Waals surface area contributed by atoms with Gasteiger partial charge < -0.3 is 10.2 Å². The van der Waals surface area contributed by atoms with Crippen molar-refractivity contribution in [1.82, 2.24) is 4.42 Å². The van der Waals surface area contributed by atoms with E-state index in [-0.39, 0.29) is 5.70 Å². The number of nitrogens with two attached hydrogens (primary N) is 1. The summed E-state index contributed by atoms with van der Waals surface area (Å²) in [7, 11) is 0. The van der Waals surface area contributed by atoms with E-state index in [9.17, 15) is 9.59 Å². The van der Waals surface area contributed by atoms with Crippen LogP contribution in [0.15, 0.2) is 16.8 Å². The van der Waals surface area contributed by atoms with Gasteiger partial charge in [0.05, 0.1) is 5.70 Å². The molecule has 1 aliphatic rings. The topological polar surface area (TPSA) is 116 Å². The second kappa shape index (κ2) is 4.28. The Morgan fingerprint density at radius 1 is 1.53 bits per heavy atom. The van der Waals surface area contributed by atoms with Crippen LogP contribution in [-0.4, -0.2) is 39.1 Å². The highest BCUT2D eigenvalue weighted by Gasteiger charge is 2.35. The number of aliphatic carboxylic acids is 2. The molecule has 0 aromatic rings. The van der Waals surface area contributed by atoms with Crippen LogP contribution in [0.5, 0.6) is 0 Å². The molecule has 0 bridgehead atoms. The molecule has 1 atom stereocenters. The summed E-state index contributed by atoms with van der Waals surface area (Å²) in [6.07, 6.45) is 1.44. The van der Waals surface area contributed by atoms with Crippen LogP contribution in [0.25, 0.3) is 0 Å². The van der Waals surface area contributed by atoms with Gasteiger partial charge in [-0.15, -0.1) is 0 Å². The summed E-state index contributed by atoms with van der Waals surface area (Å²) in [5.41, 5.74) is 5.25. The Morgan fingerprint density at radius 3 is 2.53 bits per heavy atom. The SMILES string of the molecule is NC1N=CC=C(C(C(=O)O)C(=O)O)N1Cl. The highest BCUT2D eigenvalue weighted by atomic mass is 35.5. The maximum atomic E-state index is 10.7. The predicted molar refractivity (Wildman–Crippen MR) is 51.0 cm³/mol. The van der Waals surface area contributed by atoms with Crippen LogP contribution in [0.3, 0.4) is 0 Å². The second-order valence-electron chi connectivity index (χ2n) is 2.72. The number of nitrogens with zero attached hydrogens (tertiary/aromatic N) is 2. The van der Waals surface area contributed by atoms with Gasteiger partial charge in [-0.05, 0) is 6.08 Å². The first-order valence-electron chi connectivity index (χ1n) is 3.84. The number of carboxylic acid groups (broad SMARTS) is 2. The molecule has 0 saturated carbocycles. The Kier molecular flexibility index (Phi) is 3.28. The lowest BCUT2D eigenvalue weighted by Gasteiger charge is -2.27. The minimum atomic E-state index is -1.75. The van der Waals surface area contributed by atoms with Crippen LogP contribution < -0.4 is 5.73 Å². The monoisotopic (exact) mass is 233 g/mol. The van der Waals surface area contributed by atoms with Gasteiger partial charge in [-0.1, -0.05) is 0 Å². The summed E-state index contributed by atoms with van der Waals surface area (Å²) in [6, 6.07) is 0. The van der Waals surface area contributed by atoms with Crippen LogP contribution >= 0.6 is 11.8 Å². The molecule has 0 saturated heterocycles. The molecule has 0 aromatic carbocycles. The van der Waals surface area contributed by atoms with E-state index < -0.39 is 24.1 Å². The molecule has 0 aliphatic carbocycles. The lowest BCUT2D eigenvalue weighted by Crippen LogP contribution is -2.41. The summed E-state index contributed by atoms with van der Waals surface area (Å²) in [6.45, 7) is 0. The van der Waals surface area contributed by atoms with Crippen LogP contribution in [0.4, 0.5) is 0 Å². The zero-order valence-corrected chi connectivity index (χ0v) is 8.13. The van der Waals surface area contributed by atoms with Crippen molar-refractivity contribution in [3.63, 3.8) is 0 Å². The minimum absolute atomic E-state index is 0.126. The van der Waals surface area contributed by atoms with Crippen LogP contribution in [0.2, 0.25) is 0 Å². The van der Waals surface area contributed by atoms with E-state index >= 15 is 0 Å². The number of hydrogen-bond donors (Lipinski definition) is 3. The first-order valence-corrected chi connectivity index (χ1v) is 4.18. The second-order valence-corrected chi connectivity index (χ2v) is 3.09. The van der Waals surface area contributed by atoms with Gasteiger partial charge in [-0.25, -0.2) is 0 Å². The van der Waals surface area contributed by atoms with E-state index in [1.807, 2.05) is 0 Å². The molecule has 8 heteroatoms. The average molecular weight is 234 g/mol. The molecule has 15 heavy (non-hydrogen) atoms. The van der Waals surface area contributed by atoms with Crippen molar-refractivity contribution in [3.8, 4) is 0 Å². The molecule has 1 heterocycles.